The largest absolute Gasteiger partial charge is 0.433 e. The summed E-state index contributed by atoms with van der Waals surface area (Å²) < 4.78 is 5.03. The zero-order chi connectivity index (χ0) is 20.4. The summed E-state index contributed by atoms with van der Waals surface area (Å²) in [4.78, 5) is 30.8. The quantitative estimate of drug-likeness (QED) is 0.368. The molecule has 0 bridgehead atoms. The van der Waals surface area contributed by atoms with E-state index in [1.165, 1.54) is 24.3 Å². The first-order valence-electron chi connectivity index (χ1n) is 9.02. The van der Waals surface area contributed by atoms with Crippen molar-refractivity contribution in [3.05, 3.63) is 69.6 Å². The number of rotatable bonds is 4. The van der Waals surface area contributed by atoms with E-state index >= 15 is 0 Å². The molecule has 1 aromatic carbocycles. The van der Waals surface area contributed by atoms with Crippen LogP contribution in [-0.4, -0.2) is 46.9 Å². The average Bonchev–Trinajstić information content (AvgIpc) is 3.21. The SMILES string of the molecule is O=C(/C=C/c1ccc([N+](=O)[O-])o1)N1CCN(c2ccnc3cc(Cl)ccc23)CC1. The Labute approximate surface area is 171 Å². The first kappa shape index (κ1) is 18.9. The molecular formula is C20H17ClN4O4. The summed E-state index contributed by atoms with van der Waals surface area (Å²) in [6.07, 6.45) is 4.58. The minimum absolute atomic E-state index is 0.157. The van der Waals surface area contributed by atoms with E-state index in [1.807, 2.05) is 24.3 Å². The highest BCUT2D eigenvalue weighted by atomic mass is 35.5. The summed E-state index contributed by atoms with van der Waals surface area (Å²) in [6.45, 7) is 2.51. The van der Waals surface area contributed by atoms with Crippen molar-refractivity contribution in [3.63, 3.8) is 0 Å². The Balaban J connectivity index is 1.41. The number of anilines is 1. The number of aromatic nitrogens is 1. The van der Waals surface area contributed by atoms with Crippen LogP contribution in [0.15, 0.2) is 53.1 Å². The van der Waals surface area contributed by atoms with E-state index in [1.54, 1.807) is 11.1 Å². The molecule has 148 valence electrons. The van der Waals surface area contributed by atoms with Crippen LogP contribution < -0.4 is 4.90 Å². The number of carbonyl (C=O) groups is 1. The van der Waals surface area contributed by atoms with Gasteiger partial charge in [-0.25, -0.2) is 0 Å². The van der Waals surface area contributed by atoms with Crippen molar-refractivity contribution in [1.29, 1.82) is 0 Å². The summed E-state index contributed by atoms with van der Waals surface area (Å²) >= 11 is 6.06. The molecule has 1 saturated heterocycles. The topological polar surface area (TPSA) is 92.7 Å². The average molecular weight is 413 g/mol. The molecule has 0 saturated carbocycles. The number of hydrogen-bond acceptors (Lipinski definition) is 6. The minimum atomic E-state index is -0.616. The molecular weight excluding hydrogens is 396 g/mol. The van der Waals surface area contributed by atoms with Gasteiger partial charge in [0.1, 0.15) is 10.7 Å². The smallest absolute Gasteiger partial charge is 0.401 e. The number of amides is 1. The van der Waals surface area contributed by atoms with Crippen molar-refractivity contribution in [2.75, 3.05) is 31.1 Å². The van der Waals surface area contributed by atoms with Crippen LogP contribution in [0.1, 0.15) is 5.76 Å². The molecule has 1 aliphatic heterocycles. The number of piperazine rings is 1. The van der Waals surface area contributed by atoms with Crippen LogP contribution in [0.25, 0.3) is 17.0 Å². The summed E-state index contributed by atoms with van der Waals surface area (Å²) in [5.74, 6) is -0.239. The van der Waals surface area contributed by atoms with Gasteiger partial charge in [0.15, 0.2) is 0 Å². The van der Waals surface area contributed by atoms with Crippen LogP contribution >= 0.6 is 11.6 Å². The monoisotopic (exact) mass is 412 g/mol. The van der Waals surface area contributed by atoms with E-state index in [0.29, 0.717) is 31.2 Å². The van der Waals surface area contributed by atoms with Crippen LogP contribution in [0.4, 0.5) is 11.6 Å². The molecule has 0 unspecified atom stereocenters. The predicted molar refractivity (Wildman–Crippen MR) is 110 cm³/mol. The fraction of sp³-hybridized carbons (Fsp3) is 0.200. The summed E-state index contributed by atoms with van der Waals surface area (Å²) in [7, 11) is 0. The van der Waals surface area contributed by atoms with Gasteiger partial charge in [-0.15, -0.1) is 0 Å². The number of nitro groups is 1. The molecule has 0 atom stereocenters. The Morgan fingerprint density at radius 3 is 2.69 bits per heavy atom. The molecule has 3 heterocycles. The van der Waals surface area contributed by atoms with Crippen molar-refractivity contribution in [2.45, 2.75) is 0 Å². The first-order valence-corrected chi connectivity index (χ1v) is 9.39. The van der Waals surface area contributed by atoms with Gasteiger partial charge in [-0.2, -0.15) is 0 Å². The highest BCUT2D eigenvalue weighted by Gasteiger charge is 2.21. The van der Waals surface area contributed by atoms with E-state index in [2.05, 4.69) is 9.88 Å². The summed E-state index contributed by atoms with van der Waals surface area (Å²) in [5.41, 5.74) is 1.90. The Bertz CT molecular complexity index is 1100. The Hall–Kier alpha value is -3.39. The molecule has 1 aliphatic rings. The zero-order valence-corrected chi connectivity index (χ0v) is 16.1. The third-order valence-electron chi connectivity index (χ3n) is 4.80. The number of carbonyl (C=O) groups excluding carboxylic acids is 1. The van der Waals surface area contributed by atoms with Crippen LogP contribution in [-0.2, 0) is 4.79 Å². The number of nitrogens with zero attached hydrogens (tertiary/aromatic N) is 4. The van der Waals surface area contributed by atoms with Crippen molar-refractivity contribution >= 4 is 46.1 Å². The number of fused-ring (bicyclic) bond motifs is 1. The standard InChI is InChI=1S/C20H17ClN4O4/c21-14-1-4-16-17(13-14)22-8-7-18(16)23-9-11-24(12-10-23)19(26)5-2-15-3-6-20(29-15)25(27)28/h1-8,13H,9-12H2/b5-2+. The highest BCUT2D eigenvalue weighted by molar-refractivity contribution is 6.31. The first-order chi connectivity index (χ1) is 14.0. The van der Waals surface area contributed by atoms with Crippen molar-refractivity contribution in [3.8, 4) is 0 Å². The molecule has 0 spiro atoms. The van der Waals surface area contributed by atoms with Gasteiger partial charge in [0.25, 0.3) is 0 Å². The molecule has 0 N–H and O–H groups in total. The van der Waals surface area contributed by atoms with Gasteiger partial charge in [-0.1, -0.05) is 11.6 Å². The number of hydrogen-bond donors (Lipinski definition) is 0. The van der Waals surface area contributed by atoms with Gasteiger partial charge in [0.2, 0.25) is 5.91 Å². The molecule has 0 aliphatic carbocycles. The summed E-state index contributed by atoms with van der Waals surface area (Å²) in [6, 6.07) is 10.3. The predicted octanol–water partition coefficient (Wildman–Crippen LogP) is 3.75. The second-order valence-corrected chi connectivity index (χ2v) is 7.01. The van der Waals surface area contributed by atoms with Crippen molar-refractivity contribution in [1.82, 2.24) is 9.88 Å². The molecule has 2 aromatic heterocycles. The lowest BCUT2D eigenvalue weighted by Crippen LogP contribution is -2.48. The maximum atomic E-state index is 12.4. The molecule has 9 heteroatoms. The van der Waals surface area contributed by atoms with Gasteiger partial charge in [-0.05, 0) is 36.4 Å². The lowest BCUT2D eigenvalue weighted by atomic mass is 10.1. The van der Waals surface area contributed by atoms with E-state index in [9.17, 15) is 14.9 Å². The number of benzene rings is 1. The Morgan fingerprint density at radius 2 is 1.97 bits per heavy atom. The van der Waals surface area contributed by atoms with E-state index < -0.39 is 4.92 Å². The second-order valence-electron chi connectivity index (χ2n) is 6.57. The van der Waals surface area contributed by atoms with E-state index in [4.69, 9.17) is 16.0 Å². The van der Waals surface area contributed by atoms with Crippen LogP contribution in [0.2, 0.25) is 5.02 Å². The van der Waals surface area contributed by atoms with Gasteiger partial charge in [-0.3, -0.25) is 19.9 Å². The van der Waals surface area contributed by atoms with E-state index in [-0.39, 0.29) is 17.6 Å². The number of furan rings is 1. The zero-order valence-electron chi connectivity index (χ0n) is 15.3. The van der Waals surface area contributed by atoms with Gasteiger partial charge < -0.3 is 14.2 Å². The van der Waals surface area contributed by atoms with Gasteiger partial charge in [0.05, 0.1) is 11.6 Å². The molecule has 1 amide bonds. The maximum Gasteiger partial charge on any atom is 0.433 e. The number of halogens is 1. The van der Waals surface area contributed by atoms with Crippen molar-refractivity contribution < 1.29 is 14.1 Å². The third kappa shape index (κ3) is 4.07. The third-order valence-corrected chi connectivity index (χ3v) is 5.03. The lowest BCUT2D eigenvalue weighted by Gasteiger charge is -2.36. The molecule has 3 aromatic rings. The number of pyridine rings is 1. The highest BCUT2D eigenvalue weighted by Crippen LogP contribution is 2.28. The molecule has 0 radical (unpaired) electrons. The fourth-order valence-corrected chi connectivity index (χ4v) is 3.50. The van der Waals surface area contributed by atoms with Crippen LogP contribution in [0, 0.1) is 10.1 Å². The molecule has 8 nitrogen and oxygen atoms in total. The van der Waals surface area contributed by atoms with Crippen LogP contribution in [0.5, 0.6) is 0 Å². The molecule has 4 rings (SSSR count). The van der Waals surface area contributed by atoms with Gasteiger partial charge in [0, 0.05) is 54.5 Å². The Morgan fingerprint density at radius 1 is 1.17 bits per heavy atom. The lowest BCUT2D eigenvalue weighted by molar-refractivity contribution is -0.402. The second kappa shape index (κ2) is 7.92. The van der Waals surface area contributed by atoms with Crippen molar-refractivity contribution in [2.24, 2.45) is 0 Å². The maximum absolute atomic E-state index is 12.4. The summed E-state index contributed by atoms with van der Waals surface area (Å²) in [5, 5.41) is 12.3. The van der Waals surface area contributed by atoms with Gasteiger partial charge >= 0.3 is 5.88 Å². The molecule has 1 fully saturated rings. The fourth-order valence-electron chi connectivity index (χ4n) is 3.34. The Kier molecular flexibility index (Phi) is 5.18. The van der Waals surface area contributed by atoms with Crippen LogP contribution in [0.3, 0.4) is 0 Å². The normalized spacial score (nSPS) is 14.7. The van der Waals surface area contributed by atoms with E-state index in [0.717, 1.165) is 16.6 Å². The molecule has 29 heavy (non-hydrogen) atoms. The minimum Gasteiger partial charge on any atom is -0.401 e.